The van der Waals surface area contributed by atoms with Gasteiger partial charge in [0, 0.05) is 12.8 Å². The third-order valence-electron chi connectivity index (χ3n) is 4.32. The molecule has 0 unspecified atom stereocenters. The molecule has 0 rings (SSSR count). The van der Waals surface area contributed by atoms with E-state index in [4.69, 9.17) is 0 Å². The zero-order valence-corrected chi connectivity index (χ0v) is 16.5. The Balaban J connectivity index is 5.21. The zero-order chi connectivity index (χ0) is 19.8. The predicted octanol–water partition coefficient (Wildman–Crippen LogP) is 3.29. The van der Waals surface area contributed by atoms with Crippen LogP contribution in [0.15, 0.2) is 23.9 Å². The maximum atomic E-state index is 11.2. The van der Waals surface area contributed by atoms with E-state index >= 15 is 0 Å². The molecule has 6 nitrogen and oxygen atoms in total. The van der Waals surface area contributed by atoms with Crippen molar-refractivity contribution in [2.24, 2.45) is 0 Å². The van der Waals surface area contributed by atoms with Crippen LogP contribution in [0.1, 0.15) is 78.1 Å². The Kier molecular flexibility index (Phi) is 13.8. The van der Waals surface area contributed by atoms with Crippen molar-refractivity contribution in [1.29, 1.82) is 0 Å². The molecule has 0 aliphatic heterocycles. The summed E-state index contributed by atoms with van der Waals surface area (Å²) in [6, 6.07) is 0. The van der Waals surface area contributed by atoms with Crippen LogP contribution in [-0.2, 0) is 4.79 Å². The van der Waals surface area contributed by atoms with Crippen molar-refractivity contribution in [2.75, 3.05) is 19.7 Å². The van der Waals surface area contributed by atoms with Crippen LogP contribution in [0, 0.1) is 0 Å². The van der Waals surface area contributed by atoms with E-state index in [-0.39, 0.29) is 29.2 Å². The number of nitrogens with zero attached hydrogens (tertiary/aromatic N) is 1. The first-order valence-electron chi connectivity index (χ1n) is 9.87. The van der Waals surface area contributed by atoms with Crippen molar-refractivity contribution < 1.29 is 29.7 Å². The van der Waals surface area contributed by atoms with Gasteiger partial charge in [-0.15, -0.1) is 0 Å². The number of carboxylic acids is 1. The predicted molar refractivity (Wildman–Crippen MR) is 101 cm³/mol. The molecule has 6 heteroatoms. The second-order valence-electron chi connectivity index (χ2n) is 6.94. The Hall–Kier alpha value is -1.53. The Labute approximate surface area is 158 Å². The number of aliphatic carboxylic acids is 1. The van der Waals surface area contributed by atoms with Crippen LogP contribution in [-0.4, -0.2) is 45.5 Å². The number of carboxylic acid groups (broad SMARTS) is 1. The average molecular weight is 372 g/mol. The third kappa shape index (κ3) is 11.9. The fraction of sp³-hybridized carbons (Fsp3) is 0.750. The fourth-order valence-electron chi connectivity index (χ4n) is 2.95. The molecule has 0 atom stereocenters. The van der Waals surface area contributed by atoms with Gasteiger partial charge in [-0.05, 0) is 12.8 Å². The average Bonchev–Trinajstić information content (AvgIpc) is 2.55. The normalized spacial score (nSPS) is 15.0. The first-order chi connectivity index (χ1) is 12.4. The molecule has 0 aromatic rings. The lowest BCUT2D eigenvalue weighted by Crippen LogP contribution is -2.48. The summed E-state index contributed by atoms with van der Waals surface area (Å²) in [6.45, 7) is 3.54. The van der Waals surface area contributed by atoms with Crippen molar-refractivity contribution in [3.63, 3.8) is 0 Å². The zero-order valence-electron chi connectivity index (χ0n) is 16.5. The van der Waals surface area contributed by atoms with E-state index in [2.05, 4.69) is 13.8 Å². The van der Waals surface area contributed by atoms with E-state index in [1.54, 1.807) is 0 Å². The molecule has 0 heterocycles. The highest BCUT2D eigenvalue weighted by Gasteiger charge is 2.26. The van der Waals surface area contributed by atoms with Gasteiger partial charge in [-0.3, -0.25) is 4.48 Å². The van der Waals surface area contributed by atoms with Gasteiger partial charge in [-0.1, -0.05) is 52.4 Å². The van der Waals surface area contributed by atoms with E-state index in [1.165, 1.54) is 12.4 Å². The quantitative estimate of drug-likeness (QED) is 0.220. The Morgan fingerprint density at radius 3 is 1.69 bits per heavy atom. The summed E-state index contributed by atoms with van der Waals surface area (Å²) in [5.74, 6) is -1.15. The summed E-state index contributed by atoms with van der Waals surface area (Å²) < 4.78 is -0.349. The number of hydrogen-bond acceptors (Lipinski definition) is 5. The second-order valence-corrected chi connectivity index (χ2v) is 6.94. The van der Waals surface area contributed by atoms with Gasteiger partial charge in [-0.25, -0.2) is 0 Å². The largest absolute Gasteiger partial charge is 0.544 e. The van der Waals surface area contributed by atoms with Crippen LogP contribution in [0.5, 0.6) is 0 Å². The van der Waals surface area contributed by atoms with Crippen molar-refractivity contribution in [1.82, 2.24) is 0 Å². The maximum absolute atomic E-state index is 11.2. The number of carbonyl (C=O) groups is 1. The standard InChI is InChI=1S/C20H37NO5/c1-3-5-7-9-11-18(23)15-21(13-14-22,17-20(25)26)16-19(24)12-10-8-6-4-2/h15-16,22H,3-14,17H2,1-2H3,(H2-,23,24,25,26)/b18-15-,19-16-. The van der Waals surface area contributed by atoms with Gasteiger partial charge in [0.1, 0.15) is 37.0 Å². The highest BCUT2D eigenvalue weighted by Crippen LogP contribution is 2.19. The summed E-state index contributed by atoms with van der Waals surface area (Å²) in [7, 11) is 0. The van der Waals surface area contributed by atoms with E-state index in [0.29, 0.717) is 12.8 Å². The number of allylic oxidation sites excluding steroid dienone is 2. The molecule has 0 aromatic heterocycles. The van der Waals surface area contributed by atoms with E-state index in [1.807, 2.05) is 0 Å². The first kappa shape index (κ1) is 24.5. The number of unbranched alkanes of at least 4 members (excludes halogenated alkanes) is 6. The molecule has 0 bridgehead atoms. The van der Waals surface area contributed by atoms with Gasteiger partial charge in [-0.2, -0.15) is 0 Å². The molecule has 0 amide bonds. The van der Waals surface area contributed by atoms with Gasteiger partial charge >= 0.3 is 0 Å². The van der Waals surface area contributed by atoms with E-state index in [9.17, 15) is 25.2 Å². The van der Waals surface area contributed by atoms with Crippen LogP contribution < -0.4 is 5.11 Å². The Morgan fingerprint density at radius 2 is 1.35 bits per heavy atom. The first-order valence-corrected chi connectivity index (χ1v) is 9.87. The lowest BCUT2D eigenvalue weighted by Gasteiger charge is -2.31. The number of aliphatic hydroxyl groups is 3. The monoisotopic (exact) mass is 371 g/mol. The number of rotatable bonds is 16. The smallest absolute Gasteiger partial charge is 0.146 e. The summed E-state index contributed by atoms with van der Waals surface area (Å²) in [5.41, 5.74) is 0. The van der Waals surface area contributed by atoms with E-state index < -0.39 is 12.5 Å². The summed E-state index contributed by atoms with van der Waals surface area (Å²) in [5, 5.41) is 41.0. The summed E-state index contributed by atoms with van der Waals surface area (Å²) >= 11 is 0. The van der Waals surface area contributed by atoms with Crippen molar-refractivity contribution in [3.05, 3.63) is 23.9 Å². The number of quaternary nitrogens is 1. The van der Waals surface area contributed by atoms with Crippen LogP contribution in [0.3, 0.4) is 0 Å². The molecule has 0 saturated carbocycles. The molecule has 0 aliphatic carbocycles. The number of carbonyl (C=O) groups excluding carboxylic acids is 1. The van der Waals surface area contributed by atoms with Crippen molar-refractivity contribution >= 4 is 5.97 Å². The molecule has 26 heavy (non-hydrogen) atoms. The maximum Gasteiger partial charge on any atom is 0.146 e. The molecule has 3 N–H and O–H groups in total. The van der Waals surface area contributed by atoms with Crippen LogP contribution in [0.2, 0.25) is 0 Å². The third-order valence-corrected chi connectivity index (χ3v) is 4.32. The molecule has 0 saturated heterocycles. The molecular weight excluding hydrogens is 334 g/mol. The van der Waals surface area contributed by atoms with Crippen LogP contribution in [0.25, 0.3) is 0 Å². The number of hydrogen-bond donors (Lipinski definition) is 3. The molecule has 0 fully saturated rings. The highest BCUT2D eigenvalue weighted by molar-refractivity contribution is 5.65. The second kappa shape index (κ2) is 14.6. The molecule has 152 valence electrons. The van der Waals surface area contributed by atoms with Crippen molar-refractivity contribution in [3.8, 4) is 0 Å². The fourth-order valence-corrected chi connectivity index (χ4v) is 2.95. The summed E-state index contributed by atoms with van der Waals surface area (Å²) in [4.78, 5) is 11.2. The molecule has 0 aliphatic rings. The van der Waals surface area contributed by atoms with Gasteiger partial charge < -0.3 is 25.2 Å². The van der Waals surface area contributed by atoms with E-state index in [0.717, 1.165) is 51.4 Å². The lowest BCUT2D eigenvalue weighted by molar-refractivity contribution is -0.825. The minimum absolute atomic E-state index is 0.0476. The Morgan fingerprint density at radius 1 is 0.885 bits per heavy atom. The minimum Gasteiger partial charge on any atom is -0.544 e. The van der Waals surface area contributed by atoms with Crippen LogP contribution in [0.4, 0.5) is 0 Å². The molecule has 0 aromatic carbocycles. The lowest BCUT2D eigenvalue weighted by atomic mass is 10.1. The topological polar surface area (TPSA) is 101 Å². The highest BCUT2D eigenvalue weighted by atomic mass is 16.4. The van der Waals surface area contributed by atoms with Crippen molar-refractivity contribution in [2.45, 2.75) is 78.1 Å². The number of aliphatic hydroxyl groups excluding tert-OH is 3. The molecule has 0 radical (unpaired) electrons. The van der Waals surface area contributed by atoms with Crippen LogP contribution >= 0.6 is 0 Å². The van der Waals surface area contributed by atoms with Gasteiger partial charge in [0.25, 0.3) is 0 Å². The minimum atomic E-state index is -1.30. The summed E-state index contributed by atoms with van der Waals surface area (Å²) in [6.07, 6.45) is 11.7. The Bertz CT molecular complexity index is 417. The molecular formula is C20H37NO5. The van der Waals surface area contributed by atoms with Gasteiger partial charge in [0.05, 0.1) is 12.6 Å². The molecule has 0 spiro atoms. The van der Waals surface area contributed by atoms with Gasteiger partial charge in [0.15, 0.2) is 0 Å². The SMILES string of the molecule is CCCCCC/C(O)=C/[N+](/C=C(\O)CCCCCC)(CCO)CC(=O)[O-]. The van der Waals surface area contributed by atoms with Gasteiger partial charge in [0.2, 0.25) is 0 Å².